The number of urea groups is 1. The molecule has 1 saturated heterocycles. The van der Waals surface area contributed by atoms with Crippen LogP contribution in [-0.4, -0.2) is 56.2 Å². The van der Waals surface area contributed by atoms with Crippen LogP contribution in [0.3, 0.4) is 0 Å². The average molecular weight is 402 g/mol. The van der Waals surface area contributed by atoms with Crippen LogP contribution in [0.1, 0.15) is 5.56 Å². The highest BCUT2D eigenvalue weighted by molar-refractivity contribution is 6.30. The highest BCUT2D eigenvalue weighted by Crippen LogP contribution is 2.20. The van der Waals surface area contributed by atoms with E-state index in [9.17, 15) is 9.59 Å². The van der Waals surface area contributed by atoms with E-state index in [2.05, 4.69) is 10.2 Å². The van der Waals surface area contributed by atoms with Gasteiger partial charge in [0.05, 0.1) is 7.11 Å². The molecule has 1 heterocycles. The Morgan fingerprint density at radius 2 is 1.79 bits per heavy atom. The number of halogens is 1. The highest BCUT2D eigenvalue weighted by atomic mass is 35.5. The molecular formula is C21H24ClN3O3. The standard InChI is InChI=1S/C21H24ClN3O3/c1-28-20(26)19(14-16-6-3-2-4-7-16)23-21(27)25-12-10-24(11-13-25)18-9-5-8-17(22)15-18/h2-9,15,19H,10-14H2,1H3,(H,23,27). The lowest BCUT2D eigenvalue weighted by atomic mass is 10.1. The van der Waals surface area contributed by atoms with Crippen molar-refractivity contribution in [1.29, 1.82) is 0 Å². The zero-order valence-corrected chi connectivity index (χ0v) is 16.6. The topological polar surface area (TPSA) is 61.9 Å². The van der Waals surface area contributed by atoms with Gasteiger partial charge in [-0.1, -0.05) is 48.0 Å². The largest absolute Gasteiger partial charge is 0.467 e. The van der Waals surface area contributed by atoms with Crippen molar-refractivity contribution in [3.63, 3.8) is 0 Å². The molecule has 6 nitrogen and oxygen atoms in total. The third kappa shape index (κ3) is 5.16. The number of esters is 1. The number of benzene rings is 2. The molecule has 0 aliphatic carbocycles. The third-order valence-corrected chi connectivity index (χ3v) is 5.04. The second-order valence-corrected chi connectivity index (χ2v) is 7.11. The summed E-state index contributed by atoms with van der Waals surface area (Å²) in [6.07, 6.45) is 0.391. The summed E-state index contributed by atoms with van der Waals surface area (Å²) in [6.45, 7) is 2.54. The first-order valence-electron chi connectivity index (χ1n) is 9.24. The van der Waals surface area contributed by atoms with Gasteiger partial charge in [0.2, 0.25) is 0 Å². The van der Waals surface area contributed by atoms with Crippen LogP contribution in [0.5, 0.6) is 0 Å². The van der Waals surface area contributed by atoms with E-state index in [-0.39, 0.29) is 6.03 Å². The summed E-state index contributed by atoms with van der Waals surface area (Å²) < 4.78 is 4.87. The summed E-state index contributed by atoms with van der Waals surface area (Å²) in [4.78, 5) is 28.7. The molecule has 1 N–H and O–H groups in total. The van der Waals surface area contributed by atoms with Crippen molar-refractivity contribution in [2.24, 2.45) is 0 Å². The Morgan fingerprint density at radius 1 is 1.07 bits per heavy atom. The van der Waals surface area contributed by atoms with E-state index in [1.807, 2.05) is 54.6 Å². The molecule has 148 valence electrons. The van der Waals surface area contributed by atoms with Gasteiger partial charge in [-0.25, -0.2) is 9.59 Å². The minimum absolute atomic E-state index is 0.253. The van der Waals surface area contributed by atoms with E-state index in [1.54, 1.807) is 4.90 Å². The van der Waals surface area contributed by atoms with Crippen LogP contribution >= 0.6 is 11.6 Å². The van der Waals surface area contributed by atoms with Crippen molar-refractivity contribution >= 4 is 29.3 Å². The van der Waals surface area contributed by atoms with Gasteiger partial charge in [-0.15, -0.1) is 0 Å². The predicted octanol–water partition coefficient (Wildman–Crippen LogP) is 2.96. The fraction of sp³-hybridized carbons (Fsp3) is 0.333. The SMILES string of the molecule is COC(=O)C(Cc1ccccc1)NC(=O)N1CCN(c2cccc(Cl)c2)CC1. The second kappa shape index (κ2) is 9.46. The Hall–Kier alpha value is -2.73. The van der Waals surface area contributed by atoms with Crippen molar-refractivity contribution < 1.29 is 14.3 Å². The number of hydrogen-bond donors (Lipinski definition) is 1. The lowest BCUT2D eigenvalue weighted by molar-refractivity contribution is -0.142. The number of hydrogen-bond acceptors (Lipinski definition) is 4. The number of amides is 2. The molecule has 2 aromatic rings. The Bertz CT molecular complexity index is 808. The number of methoxy groups -OCH3 is 1. The number of anilines is 1. The Balaban J connectivity index is 1.57. The minimum Gasteiger partial charge on any atom is -0.467 e. The summed E-state index contributed by atoms with van der Waals surface area (Å²) in [7, 11) is 1.33. The van der Waals surface area contributed by atoms with E-state index in [0.717, 1.165) is 11.3 Å². The van der Waals surface area contributed by atoms with Crippen molar-refractivity contribution in [3.05, 3.63) is 65.2 Å². The van der Waals surface area contributed by atoms with E-state index in [4.69, 9.17) is 16.3 Å². The van der Waals surface area contributed by atoms with Crippen LogP contribution in [0.4, 0.5) is 10.5 Å². The van der Waals surface area contributed by atoms with Gasteiger partial charge >= 0.3 is 12.0 Å². The first kappa shape index (κ1) is 20.0. The first-order chi connectivity index (χ1) is 13.6. The Labute approximate surface area is 170 Å². The smallest absolute Gasteiger partial charge is 0.328 e. The number of ether oxygens (including phenoxy) is 1. The van der Waals surface area contributed by atoms with Crippen LogP contribution in [0.2, 0.25) is 5.02 Å². The molecule has 2 amide bonds. The number of nitrogens with one attached hydrogen (secondary N) is 1. The Morgan fingerprint density at radius 3 is 2.43 bits per heavy atom. The summed E-state index contributed by atoms with van der Waals surface area (Å²) in [5.74, 6) is -0.449. The molecule has 0 saturated carbocycles. The maximum absolute atomic E-state index is 12.7. The van der Waals surface area contributed by atoms with E-state index < -0.39 is 12.0 Å². The zero-order chi connectivity index (χ0) is 19.9. The average Bonchev–Trinajstić information content (AvgIpc) is 2.73. The van der Waals surface area contributed by atoms with Crippen molar-refractivity contribution in [3.8, 4) is 0 Å². The van der Waals surface area contributed by atoms with Crippen molar-refractivity contribution in [2.45, 2.75) is 12.5 Å². The molecule has 1 aliphatic heterocycles. The predicted molar refractivity (Wildman–Crippen MR) is 110 cm³/mol. The molecule has 0 spiro atoms. The van der Waals surface area contributed by atoms with Gasteiger partial charge in [-0.3, -0.25) is 0 Å². The lowest BCUT2D eigenvalue weighted by Gasteiger charge is -2.36. The molecule has 2 aromatic carbocycles. The number of piperazine rings is 1. The fourth-order valence-corrected chi connectivity index (χ4v) is 3.45. The summed E-state index contributed by atoms with van der Waals surface area (Å²) >= 11 is 6.07. The number of carbonyl (C=O) groups excluding carboxylic acids is 2. The van der Waals surface area contributed by atoms with E-state index in [1.165, 1.54) is 7.11 Å². The van der Waals surface area contributed by atoms with Gasteiger partial charge in [0.25, 0.3) is 0 Å². The molecule has 7 heteroatoms. The maximum atomic E-state index is 12.7. The number of rotatable bonds is 5. The quantitative estimate of drug-likeness (QED) is 0.782. The summed E-state index contributed by atoms with van der Waals surface area (Å²) in [6, 6.07) is 16.3. The molecule has 0 aromatic heterocycles. The molecule has 1 aliphatic rings. The first-order valence-corrected chi connectivity index (χ1v) is 9.62. The van der Waals surface area contributed by atoms with Crippen LogP contribution in [-0.2, 0) is 16.0 Å². The molecule has 1 fully saturated rings. The molecule has 0 radical (unpaired) electrons. The maximum Gasteiger partial charge on any atom is 0.328 e. The van der Waals surface area contributed by atoms with Crippen molar-refractivity contribution in [2.75, 3.05) is 38.2 Å². The van der Waals surface area contributed by atoms with Crippen LogP contribution < -0.4 is 10.2 Å². The van der Waals surface area contributed by atoms with Crippen molar-refractivity contribution in [1.82, 2.24) is 10.2 Å². The highest BCUT2D eigenvalue weighted by Gasteiger charge is 2.27. The van der Waals surface area contributed by atoms with Gasteiger partial charge in [0.15, 0.2) is 0 Å². The molecule has 28 heavy (non-hydrogen) atoms. The fourth-order valence-electron chi connectivity index (χ4n) is 3.27. The second-order valence-electron chi connectivity index (χ2n) is 6.67. The van der Waals surface area contributed by atoms with Crippen LogP contribution in [0, 0.1) is 0 Å². The summed E-state index contributed by atoms with van der Waals surface area (Å²) in [5.41, 5.74) is 2.01. The van der Waals surface area contributed by atoms with Gasteiger partial charge in [-0.05, 0) is 23.8 Å². The number of nitrogens with zero attached hydrogens (tertiary/aromatic N) is 2. The van der Waals surface area contributed by atoms with Crippen LogP contribution in [0.25, 0.3) is 0 Å². The normalized spacial score (nSPS) is 15.1. The lowest BCUT2D eigenvalue weighted by Crippen LogP contribution is -2.55. The third-order valence-electron chi connectivity index (χ3n) is 4.81. The number of carbonyl (C=O) groups is 2. The summed E-state index contributed by atoms with van der Waals surface area (Å²) in [5, 5.41) is 3.52. The van der Waals surface area contributed by atoms with E-state index >= 15 is 0 Å². The molecule has 0 bridgehead atoms. The zero-order valence-electron chi connectivity index (χ0n) is 15.8. The van der Waals surface area contributed by atoms with Gasteiger partial charge in [0, 0.05) is 43.3 Å². The molecule has 3 rings (SSSR count). The van der Waals surface area contributed by atoms with Crippen LogP contribution in [0.15, 0.2) is 54.6 Å². The van der Waals surface area contributed by atoms with Gasteiger partial charge in [0.1, 0.15) is 6.04 Å². The monoisotopic (exact) mass is 401 g/mol. The molecule has 1 unspecified atom stereocenters. The Kier molecular flexibility index (Phi) is 6.76. The van der Waals surface area contributed by atoms with Gasteiger partial charge < -0.3 is 19.9 Å². The minimum atomic E-state index is -0.717. The molecular weight excluding hydrogens is 378 g/mol. The molecule has 1 atom stereocenters. The van der Waals surface area contributed by atoms with Gasteiger partial charge in [-0.2, -0.15) is 0 Å². The van der Waals surface area contributed by atoms with E-state index in [0.29, 0.717) is 37.6 Å².